The normalized spacial score (nSPS) is 14.6. The smallest absolute Gasteiger partial charge is 0.462 e. The lowest BCUT2D eigenvalue weighted by molar-refractivity contribution is -0.161. The number of unbranched alkanes of at least 4 members (excludes halogenated alkanes) is 42. The summed E-state index contributed by atoms with van der Waals surface area (Å²) in [4.78, 5) is 72.4. The second-order valence-corrected chi connectivity index (χ2v) is 30.4. The number of aliphatic hydroxyl groups is 1. The van der Waals surface area contributed by atoms with Crippen LogP contribution in [0.15, 0.2) is 0 Å². The predicted molar refractivity (Wildman–Crippen MR) is 381 cm³/mol. The van der Waals surface area contributed by atoms with Gasteiger partial charge in [-0.3, -0.25) is 37.3 Å². The molecule has 0 heterocycles. The van der Waals surface area contributed by atoms with Crippen molar-refractivity contribution in [2.75, 3.05) is 39.6 Å². The van der Waals surface area contributed by atoms with Gasteiger partial charge in [-0.05, 0) is 37.5 Å². The molecule has 7 atom stereocenters. The minimum absolute atomic E-state index is 0.103. The number of hydrogen-bond donors (Lipinski definition) is 3. The Morgan fingerprint density at radius 1 is 0.298 bits per heavy atom. The van der Waals surface area contributed by atoms with E-state index in [0.29, 0.717) is 25.7 Å². The minimum Gasteiger partial charge on any atom is -0.462 e. The van der Waals surface area contributed by atoms with Gasteiger partial charge in [-0.15, -0.1) is 0 Å². The van der Waals surface area contributed by atoms with Crippen molar-refractivity contribution >= 4 is 39.5 Å². The second kappa shape index (κ2) is 66.9. The van der Waals surface area contributed by atoms with Crippen LogP contribution in [0.25, 0.3) is 0 Å². The minimum atomic E-state index is -4.95. The Balaban J connectivity index is 5.11. The predicted octanol–water partition coefficient (Wildman–Crippen LogP) is 21.9. The summed E-state index contributed by atoms with van der Waals surface area (Å²) in [5, 5.41) is 10.6. The van der Waals surface area contributed by atoms with Crippen LogP contribution < -0.4 is 0 Å². The van der Waals surface area contributed by atoms with Gasteiger partial charge in [-0.2, -0.15) is 0 Å². The standard InChI is InChI=1S/C75H146O17P2/c1-7-11-13-15-37-45-51-57-72(77)85-63-70(91-74(79)59-53-47-38-16-14-12-8-2)65-89-93(81,82)87-61-69(76)62-88-94(83,84)90-66-71(64-86-73(78)58-52-46-41-35-31-27-24-23-26-30-34-40-44-50-56-68(6)10-4)92-75(80)60-54-48-42-36-32-28-22-20-18-17-19-21-25-29-33-39-43-49-55-67(5)9-3/h67-71,76H,7-66H2,1-6H3,(H,81,82)(H,83,84)/t67?,68?,69-,70+,71+/m0/s1. The average Bonchev–Trinajstić information content (AvgIpc) is 1.64. The highest BCUT2D eigenvalue weighted by molar-refractivity contribution is 7.47. The topological polar surface area (TPSA) is 237 Å². The van der Waals surface area contributed by atoms with Crippen molar-refractivity contribution in [2.45, 2.75) is 407 Å². The molecule has 0 fully saturated rings. The molecule has 0 spiro atoms. The highest BCUT2D eigenvalue weighted by atomic mass is 31.2. The fourth-order valence-corrected chi connectivity index (χ4v) is 13.0. The maximum atomic E-state index is 13.1. The number of ether oxygens (including phenoxy) is 4. The van der Waals surface area contributed by atoms with Crippen LogP contribution in [0.5, 0.6) is 0 Å². The van der Waals surface area contributed by atoms with E-state index in [9.17, 15) is 43.2 Å². The van der Waals surface area contributed by atoms with E-state index in [4.69, 9.17) is 37.0 Å². The summed E-state index contributed by atoms with van der Waals surface area (Å²) in [6.07, 6.45) is 54.5. The zero-order valence-corrected chi connectivity index (χ0v) is 63.1. The molecule has 0 saturated carbocycles. The highest BCUT2D eigenvalue weighted by Gasteiger charge is 2.30. The van der Waals surface area contributed by atoms with Crippen LogP contribution in [0.1, 0.15) is 388 Å². The molecule has 0 bridgehead atoms. The number of rotatable bonds is 74. The fraction of sp³-hybridized carbons (Fsp3) is 0.947. The van der Waals surface area contributed by atoms with E-state index in [1.807, 2.05) is 0 Å². The third-order valence-electron chi connectivity index (χ3n) is 18.2. The zero-order valence-electron chi connectivity index (χ0n) is 61.3. The number of aliphatic hydroxyl groups excluding tert-OH is 1. The first-order valence-corrected chi connectivity index (χ1v) is 42.1. The van der Waals surface area contributed by atoms with E-state index in [1.165, 1.54) is 180 Å². The molecule has 19 heteroatoms. The summed E-state index contributed by atoms with van der Waals surface area (Å²) in [7, 11) is -9.89. The zero-order chi connectivity index (χ0) is 69.3. The lowest BCUT2D eigenvalue weighted by Crippen LogP contribution is -2.30. The average molecular weight is 1380 g/mol. The third kappa shape index (κ3) is 66.0. The summed E-state index contributed by atoms with van der Waals surface area (Å²) < 4.78 is 68.2. The quantitative estimate of drug-likeness (QED) is 0.0222. The van der Waals surface area contributed by atoms with Gasteiger partial charge in [0.25, 0.3) is 0 Å². The first-order chi connectivity index (χ1) is 45.4. The molecule has 3 N–H and O–H groups in total. The molecule has 0 saturated heterocycles. The Morgan fingerprint density at radius 2 is 0.511 bits per heavy atom. The van der Waals surface area contributed by atoms with Crippen molar-refractivity contribution < 1.29 is 80.2 Å². The fourth-order valence-electron chi connectivity index (χ4n) is 11.4. The van der Waals surface area contributed by atoms with Crippen LogP contribution in [0.4, 0.5) is 0 Å². The lowest BCUT2D eigenvalue weighted by atomic mass is 9.99. The Hall–Kier alpha value is -1.94. The van der Waals surface area contributed by atoms with Gasteiger partial charge in [-0.1, -0.05) is 337 Å². The SMILES string of the molecule is CCCCCCCCCC(=O)OC[C@H](COP(=O)(O)OC[C@H](O)COP(=O)(O)OC[C@@H](COC(=O)CCCCCCCCCCCCCCCCC(C)CC)OC(=O)CCCCCCCCCCCCCCCCCCCCC(C)CC)OC(=O)CCCCCCCCC. The van der Waals surface area contributed by atoms with Crippen LogP contribution in [-0.4, -0.2) is 96.7 Å². The van der Waals surface area contributed by atoms with E-state index in [-0.39, 0.29) is 25.7 Å². The van der Waals surface area contributed by atoms with Gasteiger partial charge < -0.3 is 33.8 Å². The van der Waals surface area contributed by atoms with E-state index >= 15 is 0 Å². The third-order valence-corrected chi connectivity index (χ3v) is 20.1. The van der Waals surface area contributed by atoms with Gasteiger partial charge in [-0.25, -0.2) is 9.13 Å². The van der Waals surface area contributed by atoms with Gasteiger partial charge in [0.1, 0.15) is 19.3 Å². The molecular weight excluding hydrogens is 1230 g/mol. The van der Waals surface area contributed by atoms with Crippen molar-refractivity contribution in [1.29, 1.82) is 0 Å². The first-order valence-electron chi connectivity index (χ1n) is 39.1. The van der Waals surface area contributed by atoms with Crippen molar-refractivity contribution in [3.05, 3.63) is 0 Å². The largest absolute Gasteiger partial charge is 0.472 e. The van der Waals surface area contributed by atoms with Crippen molar-refractivity contribution in [2.24, 2.45) is 11.8 Å². The molecule has 94 heavy (non-hydrogen) atoms. The number of esters is 4. The summed E-state index contributed by atoms with van der Waals surface area (Å²) in [6.45, 7) is 9.62. The second-order valence-electron chi connectivity index (χ2n) is 27.5. The highest BCUT2D eigenvalue weighted by Crippen LogP contribution is 2.45. The van der Waals surface area contributed by atoms with Crippen molar-refractivity contribution in [3.8, 4) is 0 Å². The molecule has 0 aliphatic carbocycles. The molecule has 558 valence electrons. The van der Waals surface area contributed by atoms with E-state index < -0.39 is 97.5 Å². The summed E-state index contributed by atoms with van der Waals surface area (Å²) in [5.74, 6) is -0.407. The molecule has 0 aliphatic heterocycles. The van der Waals surface area contributed by atoms with Crippen molar-refractivity contribution in [3.63, 3.8) is 0 Å². The monoisotopic (exact) mass is 1380 g/mol. The molecule has 17 nitrogen and oxygen atoms in total. The molecule has 0 radical (unpaired) electrons. The Kier molecular flexibility index (Phi) is 65.5. The van der Waals surface area contributed by atoms with Crippen LogP contribution in [-0.2, 0) is 65.4 Å². The Morgan fingerprint density at radius 3 is 0.755 bits per heavy atom. The van der Waals surface area contributed by atoms with Crippen LogP contribution in [0.3, 0.4) is 0 Å². The van der Waals surface area contributed by atoms with Crippen molar-refractivity contribution in [1.82, 2.24) is 0 Å². The molecule has 0 aliphatic rings. The maximum Gasteiger partial charge on any atom is 0.472 e. The summed E-state index contributed by atoms with van der Waals surface area (Å²) in [5.41, 5.74) is 0. The molecule has 4 unspecified atom stereocenters. The van der Waals surface area contributed by atoms with Crippen LogP contribution in [0.2, 0.25) is 0 Å². The van der Waals surface area contributed by atoms with Crippen LogP contribution in [0, 0.1) is 11.8 Å². The number of hydrogen-bond acceptors (Lipinski definition) is 15. The molecule has 0 amide bonds. The van der Waals surface area contributed by atoms with Gasteiger partial charge >= 0.3 is 39.5 Å². The number of phosphoric ester groups is 2. The van der Waals surface area contributed by atoms with Crippen LogP contribution >= 0.6 is 15.6 Å². The molecule has 0 aromatic rings. The molecule has 0 aromatic carbocycles. The van der Waals surface area contributed by atoms with Gasteiger partial charge in [0.15, 0.2) is 12.2 Å². The van der Waals surface area contributed by atoms with E-state index in [0.717, 1.165) is 127 Å². The van der Waals surface area contributed by atoms with Gasteiger partial charge in [0.05, 0.1) is 26.4 Å². The van der Waals surface area contributed by atoms with E-state index in [1.54, 1.807) is 0 Å². The number of carbonyl (C=O) groups is 4. The number of phosphoric acid groups is 2. The van der Waals surface area contributed by atoms with E-state index in [2.05, 4.69) is 41.5 Å². The maximum absolute atomic E-state index is 13.1. The molecule has 0 aromatic heterocycles. The van der Waals surface area contributed by atoms with Gasteiger partial charge in [0, 0.05) is 25.7 Å². The Bertz CT molecular complexity index is 1820. The summed E-state index contributed by atoms with van der Waals surface area (Å²) >= 11 is 0. The molecular formula is C75H146O17P2. The number of carbonyl (C=O) groups excluding carboxylic acids is 4. The Labute approximate surface area is 575 Å². The molecule has 0 rings (SSSR count). The summed E-state index contributed by atoms with van der Waals surface area (Å²) in [6, 6.07) is 0. The first kappa shape index (κ1) is 92.1. The van der Waals surface area contributed by atoms with Gasteiger partial charge in [0.2, 0.25) is 0 Å². The lowest BCUT2D eigenvalue weighted by Gasteiger charge is -2.21.